The number of hydrogen-bond acceptors (Lipinski definition) is 4. The summed E-state index contributed by atoms with van der Waals surface area (Å²) >= 11 is 0. The summed E-state index contributed by atoms with van der Waals surface area (Å²) in [7, 11) is 4.37. The predicted molar refractivity (Wildman–Crippen MR) is 146 cm³/mol. The average molecular weight is 477 g/mol. The number of rotatable bonds is 4. The summed E-state index contributed by atoms with van der Waals surface area (Å²) in [6.45, 7) is 2.29. The third-order valence-corrected chi connectivity index (χ3v) is 8.32. The number of nitrogens with zero attached hydrogens (tertiary/aromatic N) is 4. The summed E-state index contributed by atoms with van der Waals surface area (Å²) in [4.78, 5) is 21.4. The zero-order chi connectivity index (χ0) is 24.2. The van der Waals surface area contributed by atoms with Gasteiger partial charge < -0.3 is 9.97 Å². The molecule has 2 saturated heterocycles. The lowest BCUT2D eigenvalue weighted by atomic mass is 9.97. The summed E-state index contributed by atoms with van der Waals surface area (Å²) in [5.41, 5.74) is 4.54. The van der Waals surface area contributed by atoms with E-state index in [1.54, 1.807) is 0 Å². The molecule has 0 spiro atoms. The summed E-state index contributed by atoms with van der Waals surface area (Å²) in [6.07, 6.45) is 8.79. The van der Waals surface area contributed by atoms with E-state index >= 15 is 0 Å². The van der Waals surface area contributed by atoms with Crippen molar-refractivity contribution in [3.05, 3.63) is 72.6 Å². The minimum absolute atomic E-state index is 0.405. The fraction of sp³-hybridized carbons (Fsp3) is 0.333. The maximum atomic E-state index is 4.72. The molecule has 2 aliphatic rings. The first-order valence-corrected chi connectivity index (χ1v) is 13.1. The van der Waals surface area contributed by atoms with Crippen molar-refractivity contribution in [2.45, 2.75) is 37.8 Å². The molecule has 5 aromatic rings. The zero-order valence-electron chi connectivity index (χ0n) is 21.0. The number of nitrogens with one attached hydrogen (secondary N) is 2. The van der Waals surface area contributed by atoms with E-state index in [2.05, 4.69) is 82.4 Å². The number of aromatic amines is 2. The molecule has 36 heavy (non-hydrogen) atoms. The fourth-order valence-electron chi connectivity index (χ4n) is 6.22. The minimum atomic E-state index is 0.405. The second kappa shape index (κ2) is 8.57. The van der Waals surface area contributed by atoms with Crippen molar-refractivity contribution in [1.29, 1.82) is 0 Å². The van der Waals surface area contributed by atoms with E-state index < -0.39 is 0 Å². The lowest BCUT2D eigenvalue weighted by Crippen LogP contribution is -2.18. The first-order chi connectivity index (χ1) is 17.6. The van der Waals surface area contributed by atoms with E-state index in [0.717, 1.165) is 36.1 Å². The Hall–Kier alpha value is -3.48. The van der Waals surface area contributed by atoms with Crippen LogP contribution in [0.5, 0.6) is 0 Å². The smallest absolute Gasteiger partial charge is 0.123 e. The number of fused-ring (bicyclic) bond motifs is 3. The standard InChI is InChI=1S/C30H32N6/c1-35-13-3-5-27(35)29-31-17-25(33-29)21-9-11-23-19(15-21)7-8-20-16-22(10-12-24(20)23)26-18-32-30(34-26)28-6-4-14-36(28)2/h7-12,15-18,27-28H,3-6,13-14H2,1-2H3,(H,31,33)(H,32,34)/t27-,28?/m0/s1. The van der Waals surface area contributed by atoms with Gasteiger partial charge in [0.05, 0.1) is 35.9 Å². The molecule has 3 aromatic carbocycles. The molecule has 0 aliphatic carbocycles. The molecule has 0 radical (unpaired) electrons. The minimum Gasteiger partial charge on any atom is -0.341 e. The van der Waals surface area contributed by atoms with Gasteiger partial charge in [-0.1, -0.05) is 36.4 Å². The number of imidazole rings is 2. The molecule has 1 unspecified atom stereocenters. The van der Waals surface area contributed by atoms with Crippen molar-refractivity contribution in [2.24, 2.45) is 0 Å². The number of hydrogen-bond donors (Lipinski definition) is 2. The van der Waals surface area contributed by atoms with Crippen molar-refractivity contribution >= 4 is 21.5 Å². The van der Waals surface area contributed by atoms with Gasteiger partial charge in [0.25, 0.3) is 0 Å². The molecule has 6 heteroatoms. The van der Waals surface area contributed by atoms with Gasteiger partial charge in [0.15, 0.2) is 0 Å². The van der Waals surface area contributed by atoms with E-state index in [1.165, 1.54) is 58.4 Å². The fourth-order valence-corrected chi connectivity index (χ4v) is 6.22. The highest BCUT2D eigenvalue weighted by atomic mass is 15.2. The van der Waals surface area contributed by atoms with Gasteiger partial charge >= 0.3 is 0 Å². The maximum Gasteiger partial charge on any atom is 0.123 e. The van der Waals surface area contributed by atoms with E-state index in [4.69, 9.17) is 9.97 Å². The molecule has 7 rings (SSSR count). The van der Waals surface area contributed by atoms with Crippen LogP contribution in [0, 0.1) is 0 Å². The largest absolute Gasteiger partial charge is 0.341 e. The lowest BCUT2D eigenvalue weighted by Gasteiger charge is -2.16. The summed E-state index contributed by atoms with van der Waals surface area (Å²) in [6, 6.07) is 18.8. The van der Waals surface area contributed by atoms with E-state index in [-0.39, 0.29) is 0 Å². The van der Waals surface area contributed by atoms with Gasteiger partial charge in [-0.3, -0.25) is 9.80 Å². The van der Waals surface area contributed by atoms with E-state index in [1.807, 2.05) is 12.4 Å². The molecule has 0 bridgehead atoms. The van der Waals surface area contributed by atoms with Crippen LogP contribution in [0.2, 0.25) is 0 Å². The first kappa shape index (κ1) is 21.8. The Bertz CT molecular complexity index is 1450. The van der Waals surface area contributed by atoms with Crippen molar-refractivity contribution in [2.75, 3.05) is 27.2 Å². The number of likely N-dealkylation sites (tertiary alicyclic amines) is 2. The Morgan fingerprint density at radius 1 is 0.667 bits per heavy atom. The molecular weight excluding hydrogens is 444 g/mol. The van der Waals surface area contributed by atoms with E-state index in [9.17, 15) is 0 Å². The zero-order valence-corrected chi connectivity index (χ0v) is 21.0. The number of benzene rings is 3. The van der Waals surface area contributed by atoms with Crippen molar-refractivity contribution in [3.8, 4) is 22.5 Å². The Labute approximate surface area is 211 Å². The SMILES string of the molecule is CN1CCCC1c1ncc(-c2ccc3c(ccc4cc(-c5cnc([C@@H]6CCCN6C)[nH]5)ccc43)c2)[nH]1. The van der Waals surface area contributed by atoms with Crippen LogP contribution in [0.3, 0.4) is 0 Å². The summed E-state index contributed by atoms with van der Waals surface area (Å²) < 4.78 is 0. The van der Waals surface area contributed by atoms with Crippen LogP contribution in [0.15, 0.2) is 60.9 Å². The third-order valence-electron chi connectivity index (χ3n) is 8.32. The topological polar surface area (TPSA) is 63.8 Å². The van der Waals surface area contributed by atoms with Crippen LogP contribution in [0.1, 0.15) is 49.4 Å². The second-order valence-electron chi connectivity index (χ2n) is 10.6. The summed E-state index contributed by atoms with van der Waals surface area (Å²) in [5.74, 6) is 2.16. The molecule has 2 N–H and O–H groups in total. The maximum absolute atomic E-state index is 4.72. The Morgan fingerprint density at radius 2 is 1.14 bits per heavy atom. The molecular formula is C30H32N6. The molecule has 4 heterocycles. The highest BCUT2D eigenvalue weighted by molar-refractivity contribution is 6.09. The normalized spacial score (nSPS) is 21.3. The lowest BCUT2D eigenvalue weighted by molar-refractivity contribution is 0.307. The molecule has 2 aromatic heterocycles. The van der Waals surface area contributed by atoms with Crippen molar-refractivity contribution < 1.29 is 0 Å². The highest BCUT2D eigenvalue weighted by Crippen LogP contribution is 2.34. The number of H-pyrrole nitrogens is 2. The van der Waals surface area contributed by atoms with Gasteiger partial charge in [-0.2, -0.15) is 0 Å². The van der Waals surface area contributed by atoms with Crippen LogP contribution >= 0.6 is 0 Å². The number of aromatic nitrogens is 4. The van der Waals surface area contributed by atoms with Gasteiger partial charge in [0.2, 0.25) is 0 Å². The van der Waals surface area contributed by atoms with Gasteiger partial charge in [-0.15, -0.1) is 0 Å². The van der Waals surface area contributed by atoms with Crippen LogP contribution < -0.4 is 0 Å². The predicted octanol–water partition coefficient (Wildman–Crippen LogP) is 6.31. The van der Waals surface area contributed by atoms with Crippen molar-refractivity contribution in [3.63, 3.8) is 0 Å². The van der Waals surface area contributed by atoms with Crippen LogP contribution in [-0.4, -0.2) is 56.9 Å². The van der Waals surface area contributed by atoms with Gasteiger partial charge in [0, 0.05) is 11.1 Å². The Balaban J connectivity index is 1.20. The molecule has 2 aliphatic heterocycles. The molecule has 2 atom stereocenters. The third kappa shape index (κ3) is 3.64. The summed E-state index contributed by atoms with van der Waals surface area (Å²) in [5, 5.41) is 5.04. The van der Waals surface area contributed by atoms with Crippen LogP contribution in [0.4, 0.5) is 0 Å². The van der Waals surface area contributed by atoms with Gasteiger partial charge in [-0.05, 0) is 86.5 Å². The van der Waals surface area contributed by atoms with Crippen LogP contribution in [-0.2, 0) is 0 Å². The van der Waals surface area contributed by atoms with Gasteiger partial charge in [0.1, 0.15) is 11.6 Å². The molecule has 2 fully saturated rings. The van der Waals surface area contributed by atoms with Crippen LogP contribution in [0.25, 0.3) is 44.1 Å². The Morgan fingerprint density at radius 3 is 1.56 bits per heavy atom. The molecule has 0 amide bonds. The highest BCUT2D eigenvalue weighted by Gasteiger charge is 2.26. The first-order valence-electron chi connectivity index (χ1n) is 13.1. The molecule has 182 valence electrons. The monoisotopic (exact) mass is 476 g/mol. The van der Waals surface area contributed by atoms with Crippen molar-refractivity contribution in [1.82, 2.24) is 29.7 Å². The molecule has 6 nitrogen and oxygen atoms in total. The molecule has 0 saturated carbocycles. The Kier molecular flexibility index (Phi) is 5.19. The quantitative estimate of drug-likeness (QED) is 0.299. The second-order valence-corrected chi connectivity index (χ2v) is 10.6. The van der Waals surface area contributed by atoms with E-state index in [0.29, 0.717) is 12.1 Å². The van der Waals surface area contributed by atoms with Gasteiger partial charge in [-0.25, -0.2) is 9.97 Å². The average Bonchev–Trinajstić information content (AvgIpc) is 3.70.